The van der Waals surface area contributed by atoms with Gasteiger partial charge in [-0.3, -0.25) is 4.79 Å². The molecule has 1 saturated carbocycles. The summed E-state index contributed by atoms with van der Waals surface area (Å²) in [6.45, 7) is 11.0. The molecule has 1 unspecified atom stereocenters. The molecule has 0 bridgehead atoms. The Morgan fingerprint density at radius 2 is 1.75 bits per heavy atom. The molecule has 0 radical (unpaired) electrons. The molecule has 0 spiro atoms. The van der Waals surface area contributed by atoms with Crippen LogP contribution in [0.3, 0.4) is 0 Å². The standard InChI is InChI=1S/C15H22O/c1-10-11(2)15(5)8-6-7-14(3,4)13(15)9-12(10)16/h9H,6-8H2,1-5H3. The molecule has 16 heavy (non-hydrogen) atoms. The normalized spacial score (nSPS) is 33.6. The van der Waals surface area contributed by atoms with Gasteiger partial charge in [-0.1, -0.05) is 38.3 Å². The van der Waals surface area contributed by atoms with E-state index in [1.165, 1.54) is 30.4 Å². The molecule has 0 aromatic carbocycles. The average molecular weight is 218 g/mol. The number of hydrogen-bond acceptors (Lipinski definition) is 1. The Bertz CT molecular complexity index is 409. The minimum absolute atomic E-state index is 0.139. The molecule has 1 heteroatoms. The van der Waals surface area contributed by atoms with E-state index in [0.29, 0.717) is 0 Å². The summed E-state index contributed by atoms with van der Waals surface area (Å²) in [4.78, 5) is 12.0. The van der Waals surface area contributed by atoms with E-state index < -0.39 is 0 Å². The Kier molecular flexibility index (Phi) is 2.41. The van der Waals surface area contributed by atoms with Crippen molar-refractivity contribution in [3.63, 3.8) is 0 Å². The van der Waals surface area contributed by atoms with E-state index in [9.17, 15) is 4.79 Å². The van der Waals surface area contributed by atoms with Crippen LogP contribution in [0.15, 0.2) is 22.8 Å². The minimum atomic E-state index is 0.139. The molecule has 1 nitrogen and oxygen atoms in total. The van der Waals surface area contributed by atoms with Crippen LogP contribution in [-0.2, 0) is 4.79 Å². The highest BCUT2D eigenvalue weighted by Gasteiger charge is 2.45. The fourth-order valence-electron chi connectivity index (χ4n) is 3.48. The lowest BCUT2D eigenvalue weighted by Gasteiger charge is -2.48. The molecule has 2 aliphatic carbocycles. The van der Waals surface area contributed by atoms with Gasteiger partial charge >= 0.3 is 0 Å². The molecule has 0 amide bonds. The van der Waals surface area contributed by atoms with E-state index in [4.69, 9.17) is 0 Å². The van der Waals surface area contributed by atoms with Gasteiger partial charge in [0.2, 0.25) is 0 Å². The van der Waals surface area contributed by atoms with Crippen LogP contribution in [0.25, 0.3) is 0 Å². The Morgan fingerprint density at radius 3 is 2.38 bits per heavy atom. The largest absolute Gasteiger partial charge is 0.290 e. The summed E-state index contributed by atoms with van der Waals surface area (Å²) in [5.41, 5.74) is 3.94. The molecule has 0 saturated heterocycles. The van der Waals surface area contributed by atoms with Crippen molar-refractivity contribution in [1.82, 2.24) is 0 Å². The maximum Gasteiger partial charge on any atom is 0.181 e. The Morgan fingerprint density at radius 1 is 1.12 bits per heavy atom. The second-order valence-corrected chi connectivity index (χ2v) is 6.24. The van der Waals surface area contributed by atoms with Crippen molar-refractivity contribution >= 4 is 5.78 Å². The van der Waals surface area contributed by atoms with Gasteiger partial charge in [-0.15, -0.1) is 0 Å². The first kappa shape index (κ1) is 11.6. The van der Waals surface area contributed by atoms with Crippen LogP contribution in [0.1, 0.15) is 53.9 Å². The lowest BCUT2D eigenvalue weighted by molar-refractivity contribution is -0.111. The van der Waals surface area contributed by atoms with Gasteiger partial charge in [0.1, 0.15) is 0 Å². The van der Waals surface area contributed by atoms with Crippen molar-refractivity contribution in [3.05, 3.63) is 22.8 Å². The van der Waals surface area contributed by atoms with Gasteiger partial charge in [-0.2, -0.15) is 0 Å². The lowest BCUT2D eigenvalue weighted by Crippen LogP contribution is -2.38. The summed E-state index contributed by atoms with van der Waals surface area (Å²) in [5, 5.41) is 0. The van der Waals surface area contributed by atoms with Crippen molar-refractivity contribution < 1.29 is 4.79 Å². The van der Waals surface area contributed by atoms with Crippen molar-refractivity contribution in [2.75, 3.05) is 0 Å². The van der Waals surface area contributed by atoms with Crippen LogP contribution in [0, 0.1) is 10.8 Å². The predicted octanol–water partition coefficient (Wildman–Crippen LogP) is 4.05. The van der Waals surface area contributed by atoms with Gasteiger partial charge in [0.25, 0.3) is 0 Å². The molecule has 0 N–H and O–H groups in total. The summed E-state index contributed by atoms with van der Waals surface area (Å²) in [6.07, 6.45) is 5.58. The highest BCUT2D eigenvalue weighted by Crippen LogP contribution is 2.56. The topological polar surface area (TPSA) is 17.1 Å². The van der Waals surface area contributed by atoms with Crippen molar-refractivity contribution in [2.24, 2.45) is 10.8 Å². The lowest BCUT2D eigenvalue weighted by atomic mass is 9.55. The molecule has 0 heterocycles. The molecular formula is C15H22O. The van der Waals surface area contributed by atoms with E-state index >= 15 is 0 Å². The number of allylic oxidation sites excluding steroid dienone is 4. The van der Waals surface area contributed by atoms with Gasteiger partial charge in [-0.25, -0.2) is 0 Å². The van der Waals surface area contributed by atoms with E-state index in [0.717, 1.165) is 5.57 Å². The maximum atomic E-state index is 12.0. The molecule has 0 aliphatic heterocycles. The van der Waals surface area contributed by atoms with E-state index in [-0.39, 0.29) is 16.6 Å². The van der Waals surface area contributed by atoms with Crippen LogP contribution in [-0.4, -0.2) is 5.78 Å². The summed E-state index contributed by atoms with van der Waals surface area (Å²) in [6, 6.07) is 0. The molecule has 2 rings (SSSR count). The zero-order valence-electron chi connectivity index (χ0n) is 11.1. The van der Waals surface area contributed by atoms with Crippen LogP contribution < -0.4 is 0 Å². The first-order valence-corrected chi connectivity index (χ1v) is 6.24. The van der Waals surface area contributed by atoms with Crippen LogP contribution in [0.4, 0.5) is 0 Å². The molecule has 2 aliphatic rings. The number of fused-ring (bicyclic) bond motifs is 1. The number of ketones is 1. The zero-order chi connectivity index (χ0) is 12.1. The van der Waals surface area contributed by atoms with Gasteiger partial charge in [0, 0.05) is 5.41 Å². The van der Waals surface area contributed by atoms with E-state index in [1.807, 2.05) is 13.0 Å². The molecule has 0 aromatic heterocycles. The monoisotopic (exact) mass is 218 g/mol. The molecular weight excluding hydrogens is 196 g/mol. The van der Waals surface area contributed by atoms with Crippen molar-refractivity contribution in [2.45, 2.75) is 53.9 Å². The second-order valence-electron chi connectivity index (χ2n) is 6.24. The zero-order valence-corrected chi connectivity index (χ0v) is 11.1. The SMILES string of the molecule is CC1=C(C)C2(C)CCCC(C)(C)C2=CC1=O. The summed E-state index contributed by atoms with van der Waals surface area (Å²) in [5.74, 6) is 0.222. The predicted molar refractivity (Wildman–Crippen MR) is 67.2 cm³/mol. The fraction of sp³-hybridized carbons (Fsp3) is 0.667. The third-order valence-electron chi connectivity index (χ3n) is 4.84. The van der Waals surface area contributed by atoms with Gasteiger partial charge in [-0.05, 0) is 43.8 Å². The molecule has 1 fully saturated rings. The highest BCUT2D eigenvalue weighted by atomic mass is 16.1. The van der Waals surface area contributed by atoms with E-state index in [2.05, 4.69) is 27.7 Å². The fourth-order valence-corrected chi connectivity index (χ4v) is 3.48. The average Bonchev–Trinajstić information content (AvgIpc) is 2.19. The second kappa shape index (κ2) is 3.32. The van der Waals surface area contributed by atoms with Crippen LogP contribution in [0.5, 0.6) is 0 Å². The smallest absolute Gasteiger partial charge is 0.181 e. The van der Waals surface area contributed by atoms with Crippen LogP contribution in [0.2, 0.25) is 0 Å². The summed E-state index contributed by atoms with van der Waals surface area (Å²) >= 11 is 0. The van der Waals surface area contributed by atoms with Crippen molar-refractivity contribution in [3.8, 4) is 0 Å². The number of rotatable bonds is 0. The third-order valence-corrected chi connectivity index (χ3v) is 4.84. The van der Waals surface area contributed by atoms with Crippen molar-refractivity contribution in [1.29, 1.82) is 0 Å². The number of carbonyl (C=O) groups is 1. The number of carbonyl (C=O) groups excluding carboxylic acids is 1. The molecule has 0 aromatic rings. The molecule has 88 valence electrons. The van der Waals surface area contributed by atoms with Gasteiger partial charge in [0.05, 0.1) is 0 Å². The number of hydrogen-bond donors (Lipinski definition) is 0. The summed E-state index contributed by atoms with van der Waals surface area (Å²) in [7, 11) is 0. The highest BCUT2D eigenvalue weighted by molar-refractivity contribution is 6.06. The Labute approximate surface area is 98.6 Å². The Hall–Kier alpha value is -0.850. The van der Waals surface area contributed by atoms with Gasteiger partial charge < -0.3 is 0 Å². The maximum absolute atomic E-state index is 12.0. The van der Waals surface area contributed by atoms with Crippen LogP contribution >= 0.6 is 0 Å². The quantitative estimate of drug-likeness (QED) is 0.599. The first-order valence-electron chi connectivity index (χ1n) is 6.24. The first-order chi connectivity index (χ1) is 7.29. The van der Waals surface area contributed by atoms with Gasteiger partial charge in [0.15, 0.2) is 5.78 Å². The minimum Gasteiger partial charge on any atom is -0.290 e. The van der Waals surface area contributed by atoms with E-state index in [1.54, 1.807) is 0 Å². The molecule has 1 atom stereocenters. The third kappa shape index (κ3) is 1.41. The summed E-state index contributed by atoms with van der Waals surface area (Å²) < 4.78 is 0. The Balaban J connectivity index is 2.59.